The Morgan fingerprint density at radius 3 is 2.45 bits per heavy atom. The van der Waals surface area contributed by atoms with Gasteiger partial charge in [0, 0.05) is 26.7 Å². The third-order valence-electron chi connectivity index (χ3n) is 3.82. The maximum absolute atomic E-state index is 12.5. The van der Waals surface area contributed by atoms with E-state index in [1.165, 1.54) is 0 Å². The molecule has 1 fully saturated rings. The summed E-state index contributed by atoms with van der Waals surface area (Å²) in [4.78, 5) is 14.4. The molecular weight excluding hydrogens is 276 g/mol. The van der Waals surface area contributed by atoms with Crippen LogP contribution in [-0.2, 0) is 9.53 Å². The topological polar surface area (TPSA) is 55.6 Å². The van der Waals surface area contributed by atoms with Gasteiger partial charge in [0.15, 0.2) is 0 Å². The summed E-state index contributed by atoms with van der Waals surface area (Å²) < 4.78 is 5.33. The lowest BCUT2D eigenvalue weighted by Gasteiger charge is -2.33. The van der Waals surface area contributed by atoms with Crippen molar-refractivity contribution in [1.29, 1.82) is 0 Å². The fraction of sp³-hybridized carbons (Fsp3) is 0.533. The van der Waals surface area contributed by atoms with Gasteiger partial charge in [0.1, 0.15) is 0 Å². The smallest absolute Gasteiger partial charge is 0.231 e. The van der Waals surface area contributed by atoms with Gasteiger partial charge in [-0.25, -0.2) is 0 Å². The van der Waals surface area contributed by atoms with Crippen molar-refractivity contribution in [2.45, 2.75) is 24.9 Å². The first-order valence-corrected chi connectivity index (χ1v) is 6.83. The van der Waals surface area contributed by atoms with Gasteiger partial charge >= 0.3 is 0 Å². The van der Waals surface area contributed by atoms with Gasteiger partial charge in [-0.3, -0.25) is 4.79 Å². The zero-order valence-electron chi connectivity index (χ0n) is 11.8. The Balaban J connectivity index is 0.00000200. The molecule has 5 heteroatoms. The number of benzene rings is 1. The summed E-state index contributed by atoms with van der Waals surface area (Å²) in [5.74, 6) is -0.0800. The molecule has 1 atom stereocenters. The second-order valence-corrected chi connectivity index (χ2v) is 4.96. The highest BCUT2D eigenvalue weighted by Gasteiger charge is 2.28. The summed E-state index contributed by atoms with van der Waals surface area (Å²) in [6.07, 6.45) is 2.11. The maximum Gasteiger partial charge on any atom is 0.231 e. The number of piperidine rings is 1. The first-order chi connectivity index (χ1) is 9.26. The number of rotatable bonds is 4. The number of carbonyl (C=O) groups excluding carboxylic acids is 1. The van der Waals surface area contributed by atoms with Gasteiger partial charge in [-0.05, 0) is 18.4 Å². The zero-order chi connectivity index (χ0) is 13.7. The molecule has 0 aliphatic carbocycles. The predicted octanol–water partition coefficient (Wildman–Crippen LogP) is 1.79. The Morgan fingerprint density at radius 2 is 1.95 bits per heavy atom. The lowest BCUT2D eigenvalue weighted by Crippen LogP contribution is -2.44. The predicted molar refractivity (Wildman–Crippen MR) is 82.1 cm³/mol. The third-order valence-corrected chi connectivity index (χ3v) is 3.82. The molecule has 1 aromatic carbocycles. The lowest BCUT2D eigenvalue weighted by atomic mass is 9.96. The van der Waals surface area contributed by atoms with E-state index >= 15 is 0 Å². The number of ether oxygens (including phenoxy) is 1. The summed E-state index contributed by atoms with van der Waals surface area (Å²) in [6.45, 7) is 1.88. The molecule has 0 saturated carbocycles. The van der Waals surface area contributed by atoms with E-state index in [9.17, 15) is 4.79 Å². The minimum Gasteiger partial charge on any atom is -0.381 e. The number of likely N-dealkylation sites (tertiary alicyclic amines) is 1. The molecule has 0 radical (unpaired) electrons. The van der Waals surface area contributed by atoms with Crippen LogP contribution in [0.5, 0.6) is 0 Å². The minimum absolute atomic E-state index is 0. The number of nitrogens with zero attached hydrogens (tertiary/aromatic N) is 1. The lowest BCUT2D eigenvalue weighted by molar-refractivity contribution is -0.134. The molecule has 1 aliphatic rings. The van der Waals surface area contributed by atoms with Crippen molar-refractivity contribution in [3.05, 3.63) is 35.9 Å². The molecule has 1 aliphatic heterocycles. The number of hydrogen-bond donors (Lipinski definition) is 1. The summed E-state index contributed by atoms with van der Waals surface area (Å²) in [7, 11) is 1.73. The normalized spacial score (nSPS) is 17.4. The van der Waals surface area contributed by atoms with Gasteiger partial charge < -0.3 is 15.4 Å². The monoisotopic (exact) mass is 298 g/mol. The van der Waals surface area contributed by atoms with Crippen molar-refractivity contribution >= 4 is 18.3 Å². The molecule has 1 heterocycles. The van der Waals surface area contributed by atoms with Crippen LogP contribution < -0.4 is 5.73 Å². The van der Waals surface area contributed by atoms with Crippen LogP contribution >= 0.6 is 12.4 Å². The van der Waals surface area contributed by atoms with Crippen molar-refractivity contribution in [3.8, 4) is 0 Å². The Hall–Kier alpha value is -1.10. The molecule has 0 bridgehead atoms. The number of nitrogens with two attached hydrogens (primary N) is 1. The molecule has 20 heavy (non-hydrogen) atoms. The van der Waals surface area contributed by atoms with Crippen LogP contribution in [0.15, 0.2) is 30.3 Å². The molecule has 4 nitrogen and oxygen atoms in total. The third kappa shape index (κ3) is 3.95. The molecule has 0 spiro atoms. The standard InChI is InChI=1S/C15H22N2O2.ClH/c1-19-13-7-9-17(10-8-13)15(18)14(11-16)12-5-3-2-4-6-12;/h2-6,13-14H,7-11,16H2,1H3;1H. The molecule has 1 amide bonds. The average molecular weight is 299 g/mol. The number of carbonyl (C=O) groups is 1. The fourth-order valence-corrected chi connectivity index (χ4v) is 2.60. The van der Waals surface area contributed by atoms with E-state index in [1.807, 2.05) is 35.2 Å². The van der Waals surface area contributed by atoms with Crippen LogP contribution in [0.4, 0.5) is 0 Å². The molecule has 2 N–H and O–H groups in total. The summed E-state index contributed by atoms with van der Waals surface area (Å²) >= 11 is 0. The Kier molecular flexibility index (Phi) is 6.99. The quantitative estimate of drug-likeness (QED) is 0.922. The van der Waals surface area contributed by atoms with E-state index in [-0.39, 0.29) is 30.3 Å². The molecule has 112 valence electrons. The van der Waals surface area contributed by atoms with Gasteiger partial charge in [-0.2, -0.15) is 0 Å². The number of amides is 1. The van der Waals surface area contributed by atoms with Crippen LogP contribution in [0.3, 0.4) is 0 Å². The second kappa shape index (κ2) is 8.25. The van der Waals surface area contributed by atoms with Gasteiger partial charge in [-0.15, -0.1) is 12.4 Å². The highest BCUT2D eigenvalue weighted by Crippen LogP contribution is 2.21. The van der Waals surface area contributed by atoms with E-state index in [1.54, 1.807) is 7.11 Å². The van der Waals surface area contributed by atoms with Crippen molar-refractivity contribution in [2.75, 3.05) is 26.7 Å². The van der Waals surface area contributed by atoms with E-state index in [2.05, 4.69) is 0 Å². The van der Waals surface area contributed by atoms with E-state index < -0.39 is 0 Å². The van der Waals surface area contributed by atoms with Crippen LogP contribution in [0, 0.1) is 0 Å². The van der Waals surface area contributed by atoms with Crippen LogP contribution in [0.1, 0.15) is 24.3 Å². The Morgan fingerprint density at radius 1 is 1.35 bits per heavy atom. The van der Waals surface area contributed by atoms with Crippen LogP contribution in [0.25, 0.3) is 0 Å². The van der Waals surface area contributed by atoms with Crippen LogP contribution in [0.2, 0.25) is 0 Å². The SMILES string of the molecule is COC1CCN(C(=O)C(CN)c2ccccc2)CC1.Cl. The highest BCUT2D eigenvalue weighted by atomic mass is 35.5. The van der Waals surface area contributed by atoms with Crippen molar-refractivity contribution < 1.29 is 9.53 Å². The summed E-state index contributed by atoms with van der Waals surface area (Å²) in [5, 5.41) is 0. The highest BCUT2D eigenvalue weighted by molar-refractivity contribution is 5.85. The largest absolute Gasteiger partial charge is 0.381 e. The molecule has 1 saturated heterocycles. The van der Waals surface area contributed by atoms with Crippen molar-refractivity contribution in [2.24, 2.45) is 5.73 Å². The van der Waals surface area contributed by atoms with Crippen LogP contribution in [-0.4, -0.2) is 43.7 Å². The molecule has 1 unspecified atom stereocenters. The van der Waals surface area contributed by atoms with Gasteiger partial charge in [0.25, 0.3) is 0 Å². The number of methoxy groups -OCH3 is 1. The summed E-state index contributed by atoms with van der Waals surface area (Å²) in [5.41, 5.74) is 6.80. The Labute approximate surface area is 126 Å². The zero-order valence-corrected chi connectivity index (χ0v) is 12.6. The number of halogens is 1. The average Bonchev–Trinajstić information content (AvgIpc) is 2.49. The van der Waals surface area contributed by atoms with Crippen molar-refractivity contribution in [1.82, 2.24) is 4.90 Å². The fourth-order valence-electron chi connectivity index (χ4n) is 2.60. The molecule has 2 rings (SSSR count). The van der Waals surface area contributed by atoms with E-state index in [4.69, 9.17) is 10.5 Å². The number of hydrogen-bond acceptors (Lipinski definition) is 3. The van der Waals surface area contributed by atoms with Gasteiger partial charge in [0.2, 0.25) is 5.91 Å². The van der Waals surface area contributed by atoms with E-state index in [0.29, 0.717) is 6.54 Å². The van der Waals surface area contributed by atoms with Crippen molar-refractivity contribution in [3.63, 3.8) is 0 Å². The van der Waals surface area contributed by atoms with Gasteiger partial charge in [-0.1, -0.05) is 30.3 Å². The first-order valence-electron chi connectivity index (χ1n) is 6.83. The molecule has 1 aromatic rings. The van der Waals surface area contributed by atoms with Gasteiger partial charge in [0.05, 0.1) is 12.0 Å². The molecule has 0 aromatic heterocycles. The minimum atomic E-state index is -0.222. The maximum atomic E-state index is 12.5. The summed E-state index contributed by atoms with van der Waals surface area (Å²) in [6, 6.07) is 9.78. The van der Waals surface area contributed by atoms with E-state index in [0.717, 1.165) is 31.5 Å². The first kappa shape index (κ1) is 17.0. The Bertz CT molecular complexity index is 406. The second-order valence-electron chi connectivity index (χ2n) is 4.96. The molecular formula is C15H23ClN2O2.